The molecule has 2 N–H and O–H groups in total. The smallest absolute Gasteiger partial charge is 0.442 e. The summed E-state index contributed by atoms with van der Waals surface area (Å²) in [6.07, 6.45) is 0.596. The average Bonchev–Trinajstić information content (AvgIpc) is 2.15. The molecule has 1 atom stereocenters. The van der Waals surface area contributed by atoms with Gasteiger partial charge in [0.25, 0.3) is 0 Å². The lowest BCUT2D eigenvalue weighted by Crippen LogP contribution is -2.06. The highest BCUT2D eigenvalue weighted by molar-refractivity contribution is 7.93. The van der Waals surface area contributed by atoms with E-state index >= 15 is 0 Å². The van der Waals surface area contributed by atoms with E-state index in [1.54, 1.807) is 32.0 Å². The van der Waals surface area contributed by atoms with Gasteiger partial charge in [0.2, 0.25) is 0 Å². The molecule has 0 saturated heterocycles. The van der Waals surface area contributed by atoms with Crippen molar-refractivity contribution in [1.29, 1.82) is 0 Å². The van der Waals surface area contributed by atoms with Gasteiger partial charge in [0.15, 0.2) is 0 Å². The minimum atomic E-state index is -2.78. The standard InChI is InChI=1S/C11H16N2O3S/c1-4-16-11(14)13-17(3,15)10-6-5-9(12)7-8(10)2/h5-7H,4,12H2,1-3H3. The Hall–Kier alpha value is -1.56. The molecule has 0 aliphatic rings. The Balaban J connectivity index is 3.22. The maximum Gasteiger partial charge on any atom is 0.442 e. The van der Waals surface area contributed by atoms with Gasteiger partial charge in [0.05, 0.1) is 21.2 Å². The lowest BCUT2D eigenvalue weighted by atomic mass is 10.2. The van der Waals surface area contributed by atoms with Crippen LogP contribution in [0.15, 0.2) is 27.5 Å². The van der Waals surface area contributed by atoms with Gasteiger partial charge in [-0.15, -0.1) is 4.36 Å². The topological polar surface area (TPSA) is 81.8 Å². The molecule has 1 rings (SSSR count). The van der Waals surface area contributed by atoms with Crippen molar-refractivity contribution in [3.63, 3.8) is 0 Å². The largest absolute Gasteiger partial charge is 0.448 e. The fourth-order valence-electron chi connectivity index (χ4n) is 1.44. The summed E-state index contributed by atoms with van der Waals surface area (Å²) < 4.78 is 20.5. The van der Waals surface area contributed by atoms with Crippen LogP contribution in [0, 0.1) is 6.92 Å². The molecule has 0 spiro atoms. The van der Waals surface area contributed by atoms with Gasteiger partial charge in [0, 0.05) is 11.9 Å². The number of carbonyl (C=O) groups is 1. The van der Waals surface area contributed by atoms with E-state index in [1.807, 2.05) is 0 Å². The van der Waals surface area contributed by atoms with E-state index in [4.69, 9.17) is 5.73 Å². The quantitative estimate of drug-likeness (QED) is 0.822. The van der Waals surface area contributed by atoms with Crippen molar-refractivity contribution in [2.45, 2.75) is 18.7 Å². The monoisotopic (exact) mass is 256 g/mol. The summed E-state index contributed by atoms with van der Waals surface area (Å²) in [5, 5.41) is 0. The van der Waals surface area contributed by atoms with Gasteiger partial charge in [-0.3, -0.25) is 0 Å². The van der Waals surface area contributed by atoms with Crippen molar-refractivity contribution < 1.29 is 13.7 Å². The second kappa shape index (κ2) is 5.18. The molecular weight excluding hydrogens is 240 g/mol. The zero-order valence-corrected chi connectivity index (χ0v) is 10.9. The van der Waals surface area contributed by atoms with Crippen molar-refractivity contribution in [2.75, 3.05) is 18.6 Å². The Kier molecular flexibility index (Phi) is 4.11. The van der Waals surface area contributed by atoms with E-state index < -0.39 is 15.8 Å². The van der Waals surface area contributed by atoms with Crippen molar-refractivity contribution in [3.8, 4) is 0 Å². The molecule has 1 aromatic rings. The summed E-state index contributed by atoms with van der Waals surface area (Å²) in [5.74, 6) is 0. The summed E-state index contributed by atoms with van der Waals surface area (Å²) in [5.41, 5.74) is 6.93. The van der Waals surface area contributed by atoms with Crippen LogP contribution in [-0.2, 0) is 14.5 Å². The number of amides is 1. The number of aryl methyl sites for hydroxylation is 1. The Labute approximate surface area is 101 Å². The molecule has 94 valence electrons. The molecule has 1 aromatic carbocycles. The van der Waals surface area contributed by atoms with Gasteiger partial charge in [-0.05, 0) is 37.6 Å². The summed E-state index contributed by atoms with van der Waals surface area (Å²) in [6.45, 7) is 3.65. The first-order valence-electron chi connectivity index (χ1n) is 5.12. The first-order valence-corrected chi connectivity index (χ1v) is 7.04. The third kappa shape index (κ3) is 3.45. The molecule has 0 fully saturated rings. The predicted molar refractivity (Wildman–Crippen MR) is 67.4 cm³/mol. The number of nitrogens with zero attached hydrogens (tertiary/aromatic N) is 1. The third-order valence-corrected chi connectivity index (χ3v) is 3.90. The van der Waals surface area contributed by atoms with Crippen LogP contribution < -0.4 is 5.73 Å². The number of hydrogen-bond donors (Lipinski definition) is 1. The molecular formula is C11H16N2O3S. The van der Waals surface area contributed by atoms with Crippen LogP contribution in [0.2, 0.25) is 0 Å². The van der Waals surface area contributed by atoms with Crippen LogP contribution in [-0.4, -0.2) is 23.2 Å². The Morgan fingerprint density at radius 2 is 2.18 bits per heavy atom. The Morgan fingerprint density at radius 1 is 1.53 bits per heavy atom. The molecule has 0 aromatic heterocycles. The van der Waals surface area contributed by atoms with Gasteiger partial charge < -0.3 is 10.5 Å². The van der Waals surface area contributed by atoms with Crippen LogP contribution in [0.25, 0.3) is 0 Å². The molecule has 0 radical (unpaired) electrons. The Bertz CT molecular complexity index is 546. The fraction of sp³-hybridized carbons (Fsp3) is 0.364. The van der Waals surface area contributed by atoms with Gasteiger partial charge in [0.1, 0.15) is 0 Å². The lowest BCUT2D eigenvalue weighted by molar-refractivity contribution is 0.164. The predicted octanol–water partition coefficient (Wildman–Crippen LogP) is 2.19. The molecule has 0 aliphatic carbocycles. The SMILES string of the molecule is CCOC(=O)N=S(C)(=O)c1ccc(N)cc1C. The van der Waals surface area contributed by atoms with E-state index in [2.05, 4.69) is 9.10 Å². The fourth-order valence-corrected chi connectivity index (χ4v) is 2.85. The minimum absolute atomic E-state index is 0.207. The van der Waals surface area contributed by atoms with E-state index in [0.717, 1.165) is 5.56 Å². The van der Waals surface area contributed by atoms with Gasteiger partial charge >= 0.3 is 6.09 Å². The highest BCUT2D eigenvalue weighted by Gasteiger charge is 2.12. The zero-order valence-electron chi connectivity index (χ0n) is 10.1. The second-order valence-electron chi connectivity index (χ2n) is 3.62. The number of nitrogens with two attached hydrogens (primary N) is 1. The van der Waals surface area contributed by atoms with Crippen LogP contribution in [0.5, 0.6) is 0 Å². The molecule has 0 saturated carbocycles. The summed E-state index contributed by atoms with van der Waals surface area (Å²) in [7, 11) is -2.78. The molecule has 0 aliphatic heterocycles. The Morgan fingerprint density at radius 3 is 2.71 bits per heavy atom. The van der Waals surface area contributed by atoms with Gasteiger partial charge in [-0.1, -0.05) is 0 Å². The maximum absolute atomic E-state index is 12.3. The average molecular weight is 256 g/mol. The number of rotatable bonds is 2. The highest BCUT2D eigenvalue weighted by Crippen LogP contribution is 2.19. The van der Waals surface area contributed by atoms with E-state index in [1.165, 1.54) is 6.26 Å². The number of benzene rings is 1. The number of hydrogen-bond acceptors (Lipinski definition) is 4. The van der Waals surface area contributed by atoms with E-state index in [9.17, 15) is 9.00 Å². The van der Waals surface area contributed by atoms with Crippen molar-refractivity contribution in [3.05, 3.63) is 23.8 Å². The van der Waals surface area contributed by atoms with E-state index in [0.29, 0.717) is 10.6 Å². The number of carbonyl (C=O) groups excluding carboxylic acids is 1. The lowest BCUT2D eigenvalue weighted by Gasteiger charge is -2.08. The first kappa shape index (κ1) is 13.5. The molecule has 6 heteroatoms. The molecule has 0 heterocycles. The number of nitrogen functional groups attached to an aromatic ring is 1. The third-order valence-electron chi connectivity index (χ3n) is 2.12. The highest BCUT2D eigenvalue weighted by atomic mass is 32.2. The van der Waals surface area contributed by atoms with Crippen LogP contribution in [0.1, 0.15) is 12.5 Å². The molecule has 1 amide bonds. The number of ether oxygens (including phenoxy) is 1. The van der Waals surface area contributed by atoms with Crippen LogP contribution in [0.4, 0.5) is 10.5 Å². The second-order valence-corrected chi connectivity index (χ2v) is 5.85. The van der Waals surface area contributed by atoms with Crippen molar-refractivity contribution in [1.82, 2.24) is 0 Å². The molecule has 5 nitrogen and oxygen atoms in total. The van der Waals surface area contributed by atoms with Crippen LogP contribution >= 0.6 is 0 Å². The normalized spacial score (nSPS) is 13.8. The summed E-state index contributed by atoms with van der Waals surface area (Å²) >= 11 is 0. The van der Waals surface area contributed by atoms with Gasteiger partial charge in [-0.25, -0.2) is 9.00 Å². The van der Waals surface area contributed by atoms with Gasteiger partial charge in [-0.2, -0.15) is 0 Å². The summed E-state index contributed by atoms with van der Waals surface area (Å²) in [4.78, 5) is 11.7. The van der Waals surface area contributed by atoms with Crippen molar-refractivity contribution in [2.24, 2.45) is 4.36 Å². The van der Waals surface area contributed by atoms with Crippen molar-refractivity contribution >= 4 is 21.5 Å². The molecule has 17 heavy (non-hydrogen) atoms. The maximum atomic E-state index is 12.3. The number of anilines is 1. The minimum Gasteiger partial charge on any atom is -0.448 e. The molecule has 1 unspecified atom stereocenters. The molecule has 0 bridgehead atoms. The van der Waals surface area contributed by atoms with Crippen LogP contribution in [0.3, 0.4) is 0 Å². The van der Waals surface area contributed by atoms with E-state index in [-0.39, 0.29) is 6.61 Å². The zero-order chi connectivity index (χ0) is 13.1. The summed E-state index contributed by atoms with van der Waals surface area (Å²) in [6, 6.07) is 4.95. The first-order chi connectivity index (χ1) is 7.86.